The van der Waals surface area contributed by atoms with Gasteiger partial charge < -0.3 is 19.8 Å². The van der Waals surface area contributed by atoms with E-state index in [0.29, 0.717) is 17.4 Å². The number of hydrogen-bond acceptors (Lipinski definition) is 5. The summed E-state index contributed by atoms with van der Waals surface area (Å²) in [6.07, 6.45) is 53.3. The quantitative estimate of drug-likeness (QED) is 0.0245. The third kappa shape index (κ3) is 42.3. The van der Waals surface area contributed by atoms with E-state index in [4.69, 9.17) is 9.05 Å². The molecule has 0 aromatic heterocycles. The van der Waals surface area contributed by atoms with E-state index in [1.807, 2.05) is 39.4 Å². The molecule has 0 fully saturated rings. The smallest absolute Gasteiger partial charge is 0.387 e. The van der Waals surface area contributed by atoms with Crippen molar-refractivity contribution in [2.24, 2.45) is 0 Å². The van der Waals surface area contributed by atoms with Crippen LogP contribution in [0.3, 0.4) is 0 Å². The maximum atomic E-state index is 12.8. The van der Waals surface area contributed by atoms with Crippen molar-refractivity contribution in [3.05, 3.63) is 60.8 Å². The number of phosphoric acid groups is 1. The average molecular weight is 836 g/mol. The van der Waals surface area contributed by atoms with E-state index >= 15 is 0 Å². The molecule has 0 aliphatic carbocycles. The van der Waals surface area contributed by atoms with E-state index in [2.05, 4.69) is 55.6 Å². The van der Waals surface area contributed by atoms with Gasteiger partial charge in [0.05, 0.1) is 39.9 Å². The summed E-state index contributed by atoms with van der Waals surface area (Å²) < 4.78 is 23.5. The number of aliphatic hydroxyl groups excluding tert-OH is 1. The Morgan fingerprint density at radius 1 is 0.603 bits per heavy atom. The van der Waals surface area contributed by atoms with Crippen LogP contribution in [0.5, 0.6) is 0 Å². The van der Waals surface area contributed by atoms with Crippen LogP contribution in [0.4, 0.5) is 0 Å². The topological polar surface area (TPSA) is 105 Å². The number of carbonyl (C=O) groups is 1. The lowest BCUT2D eigenvalue weighted by Crippen LogP contribution is -2.45. The highest BCUT2D eigenvalue weighted by Crippen LogP contribution is 2.43. The number of allylic oxidation sites excluding steroid dienone is 9. The van der Waals surface area contributed by atoms with Crippen LogP contribution < -0.4 is 5.32 Å². The zero-order valence-electron chi connectivity index (χ0n) is 38.3. The summed E-state index contributed by atoms with van der Waals surface area (Å²) in [6, 6.07) is -0.886. The van der Waals surface area contributed by atoms with E-state index < -0.39 is 20.0 Å². The van der Waals surface area contributed by atoms with Crippen LogP contribution in [0.2, 0.25) is 0 Å². The molecular formula is C49H92N2O6P+. The standard InChI is InChI=1S/C49H91N2O6P/c1-6-8-10-12-14-16-18-20-21-22-23-24-25-26-27-28-29-31-32-34-36-38-40-42-48(52)47(46-57-58(54,55)56-45-44-51(3,4)5)50-49(53)43-41-39-37-35-33-30-19-17-15-13-11-9-7-2/h9,11,15,17,30,33,37,39-40,42,47-48,52H,6-8,10,12-14,16,18-29,31-32,34-36,38,41,43-46H2,1-5H3,(H-,50,53,54,55)/p+1/b11-9-,17-15-,33-30-,39-37-,42-40+. The SMILES string of the molecule is CC/C=C\C/C=C\C/C=C\C/C=C\CCC(=O)NC(COP(=O)(O)OCC[N+](C)(C)C)C(O)/C=C/CCCCCCCCCCCCCCCCCCCCCCC. The fourth-order valence-corrected chi connectivity index (χ4v) is 7.26. The van der Waals surface area contributed by atoms with E-state index in [9.17, 15) is 19.4 Å². The van der Waals surface area contributed by atoms with E-state index in [1.54, 1.807) is 6.08 Å². The van der Waals surface area contributed by atoms with Gasteiger partial charge in [0, 0.05) is 6.42 Å². The number of carbonyl (C=O) groups excluding carboxylic acids is 1. The highest BCUT2D eigenvalue weighted by Gasteiger charge is 2.27. The lowest BCUT2D eigenvalue weighted by atomic mass is 10.0. The number of aliphatic hydroxyl groups is 1. The number of unbranched alkanes of at least 4 members (excludes halogenated alkanes) is 21. The number of rotatable bonds is 42. The first kappa shape index (κ1) is 56.2. The van der Waals surface area contributed by atoms with Crippen molar-refractivity contribution in [3.8, 4) is 0 Å². The van der Waals surface area contributed by atoms with Crippen LogP contribution in [-0.2, 0) is 18.4 Å². The Morgan fingerprint density at radius 2 is 1.03 bits per heavy atom. The molecular weight excluding hydrogens is 744 g/mol. The minimum absolute atomic E-state index is 0.0468. The molecule has 0 aliphatic rings. The fraction of sp³-hybridized carbons (Fsp3) is 0.776. The maximum absolute atomic E-state index is 12.8. The van der Waals surface area contributed by atoms with Gasteiger partial charge in [-0.05, 0) is 44.9 Å². The monoisotopic (exact) mass is 836 g/mol. The molecule has 0 bridgehead atoms. The lowest BCUT2D eigenvalue weighted by molar-refractivity contribution is -0.870. The van der Waals surface area contributed by atoms with Gasteiger partial charge in [-0.25, -0.2) is 4.57 Å². The van der Waals surface area contributed by atoms with Gasteiger partial charge in [0.25, 0.3) is 0 Å². The number of quaternary nitrogens is 1. The Bertz CT molecular complexity index is 1130. The van der Waals surface area contributed by atoms with Crippen molar-refractivity contribution in [3.63, 3.8) is 0 Å². The highest BCUT2D eigenvalue weighted by molar-refractivity contribution is 7.47. The van der Waals surface area contributed by atoms with Gasteiger partial charge in [-0.3, -0.25) is 13.8 Å². The van der Waals surface area contributed by atoms with Crippen LogP contribution in [0, 0.1) is 0 Å². The number of hydrogen-bond donors (Lipinski definition) is 3. The largest absolute Gasteiger partial charge is 0.472 e. The molecule has 0 spiro atoms. The van der Waals surface area contributed by atoms with Crippen LogP contribution in [0.15, 0.2) is 60.8 Å². The molecule has 0 heterocycles. The van der Waals surface area contributed by atoms with Gasteiger partial charge in [-0.1, -0.05) is 203 Å². The summed E-state index contributed by atoms with van der Waals surface area (Å²) in [7, 11) is 1.52. The van der Waals surface area contributed by atoms with Gasteiger partial charge in [0.2, 0.25) is 5.91 Å². The predicted molar refractivity (Wildman–Crippen MR) is 249 cm³/mol. The molecule has 0 rings (SSSR count). The van der Waals surface area contributed by atoms with Crippen molar-refractivity contribution in [2.45, 2.75) is 206 Å². The summed E-state index contributed by atoms with van der Waals surface area (Å²) in [6.45, 7) is 4.64. The van der Waals surface area contributed by atoms with Crippen molar-refractivity contribution in [1.29, 1.82) is 0 Å². The molecule has 0 aliphatic heterocycles. The molecule has 0 radical (unpaired) electrons. The molecule has 3 unspecified atom stereocenters. The minimum Gasteiger partial charge on any atom is -0.387 e. The lowest BCUT2D eigenvalue weighted by Gasteiger charge is -2.25. The summed E-state index contributed by atoms with van der Waals surface area (Å²) in [4.78, 5) is 23.1. The van der Waals surface area contributed by atoms with Crippen molar-refractivity contribution in [1.82, 2.24) is 5.32 Å². The second-order valence-corrected chi connectivity index (χ2v) is 18.6. The fourth-order valence-electron chi connectivity index (χ4n) is 6.52. The molecule has 338 valence electrons. The molecule has 0 aromatic carbocycles. The molecule has 9 heteroatoms. The molecule has 8 nitrogen and oxygen atoms in total. The molecule has 3 atom stereocenters. The maximum Gasteiger partial charge on any atom is 0.472 e. The van der Waals surface area contributed by atoms with Gasteiger partial charge >= 0.3 is 7.82 Å². The van der Waals surface area contributed by atoms with Crippen LogP contribution in [-0.4, -0.2) is 73.4 Å². The second kappa shape index (κ2) is 40.6. The summed E-state index contributed by atoms with van der Waals surface area (Å²) in [5, 5.41) is 13.8. The van der Waals surface area contributed by atoms with Gasteiger partial charge in [-0.2, -0.15) is 0 Å². The van der Waals surface area contributed by atoms with E-state index in [1.165, 1.54) is 122 Å². The Kier molecular flexibility index (Phi) is 39.3. The van der Waals surface area contributed by atoms with Crippen molar-refractivity contribution >= 4 is 13.7 Å². The molecule has 0 saturated heterocycles. The van der Waals surface area contributed by atoms with Crippen molar-refractivity contribution < 1.29 is 32.9 Å². The molecule has 3 N–H and O–H groups in total. The summed E-state index contributed by atoms with van der Waals surface area (Å²) >= 11 is 0. The van der Waals surface area contributed by atoms with Crippen LogP contribution in [0.1, 0.15) is 194 Å². The first-order valence-corrected chi connectivity index (χ1v) is 25.2. The second-order valence-electron chi connectivity index (χ2n) is 17.1. The Hall–Kier alpha value is -1.80. The molecule has 1 amide bonds. The van der Waals surface area contributed by atoms with Gasteiger partial charge in [0.15, 0.2) is 0 Å². The van der Waals surface area contributed by atoms with Gasteiger partial charge in [-0.15, -0.1) is 0 Å². The third-order valence-electron chi connectivity index (χ3n) is 10.3. The highest BCUT2D eigenvalue weighted by atomic mass is 31.2. The number of amides is 1. The Balaban J connectivity index is 4.38. The zero-order valence-corrected chi connectivity index (χ0v) is 39.2. The Morgan fingerprint density at radius 3 is 1.48 bits per heavy atom. The zero-order chi connectivity index (χ0) is 42.8. The number of phosphoric ester groups is 1. The number of nitrogens with one attached hydrogen (secondary N) is 1. The molecule has 58 heavy (non-hydrogen) atoms. The van der Waals surface area contributed by atoms with E-state index in [0.717, 1.165) is 44.9 Å². The minimum atomic E-state index is -4.36. The first-order valence-electron chi connectivity index (χ1n) is 23.7. The van der Waals surface area contributed by atoms with Gasteiger partial charge in [0.1, 0.15) is 13.2 Å². The number of likely N-dealkylation sites (N-methyl/N-ethyl adjacent to an activating group) is 1. The first-order chi connectivity index (χ1) is 28.0. The van der Waals surface area contributed by atoms with Crippen LogP contribution in [0.25, 0.3) is 0 Å². The predicted octanol–water partition coefficient (Wildman–Crippen LogP) is 13.4. The summed E-state index contributed by atoms with van der Waals surface area (Å²) in [5.41, 5.74) is 0. The molecule has 0 aromatic rings. The number of nitrogens with zero attached hydrogens (tertiary/aromatic N) is 1. The molecule has 0 saturated carbocycles. The summed E-state index contributed by atoms with van der Waals surface area (Å²) in [5.74, 6) is -0.258. The third-order valence-corrected chi connectivity index (χ3v) is 11.2. The van der Waals surface area contributed by atoms with E-state index in [-0.39, 0.29) is 25.5 Å². The van der Waals surface area contributed by atoms with Crippen LogP contribution >= 0.6 is 7.82 Å². The Labute approximate surface area is 358 Å². The normalized spacial score (nSPS) is 14.8. The average Bonchev–Trinajstić information content (AvgIpc) is 3.17. The van der Waals surface area contributed by atoms with Crippen molar-refractivity contribution in [2.75, 3.05) is 40.9 Å².